The molecule has 230 valence electrons. The Balaban J connectivity index is 1.30. The molecule has 3 aromatic rings. The third kappa shape index (κ3) is 6.07. The maximum Gasteiger partial charge on any atom is 0.332 e. The van der Waals surface area contributed by atoms with Crippen molar-refractivity contribution in [3.63, 3.8) is 0 Å². The van der Waals surface area contributed by atoms with Crippen molar-refractivity contribution in [2.24, 2.45) is 0 Å². The van der Waals surface area contributed by atoms with Gasteiger partial charge in [-0.2, -0.15) is 5.01 Å². The second-order valence-corrected chi connectivity index (χ2v) is 12.8. The molecule has 3 heterocycles. The van der Waals surface area contributed by atoms with Gasteiger partial charge in [-0.05, 0) is 48.2 Å². The summed E-state index contributed by atoms with van der Waals surface area (Å²) < 4.78 is 0. The average molecular weight is 615 g/mol. The summed E-state index contributed by atoms with van der Waals surface area (Å²) in [4.78, 5) is 46.1. The molecule has 11 heteroatoms. The van der Waals surface area contributed by atoms with E-state index >= 15 is 0 Å². The largest absolute Gasteiger partial charge is 0.508 e. The zero-order valence-corrected chi connectivity index (χ0v) is 25.8. The fraction of sp³-hybridized carbons (Fsp3) is 0.364. The first-order chi connectivity index (χ1) is 21.3. The van der Waals surface area contributed by atoms with Crippen LogP contribution in [0.15, 0.2) is 77.7 Å². The number of carbonyl (C=O) groups excluding carboxylic acids is 3. The summed E-state index contributed by atoms with van der Waals surface area (Å²) in [6.07, 6.45) is 0.500. The number of urea groups is 1. The lowest BCUT2D eigenvalue weighted by Gasteiger charge is -2.46. The van der Waals surface area contributed by atoms with E-state index in [-0.39, 0.29) is 42.1 Å². The number of carbonyl (C=O) groups is 3. The second kappa shape index (κ2) is 12.8. The minimum absolute atomic E-state index is 0.00701. The molecule has 0 spiro atoms. The monoisotopic (exact) mass is 614 g/mol. The molecule has 1 unspecified atom stereocenters. The number of thioether (sulfide) groups is 1. The highest BCUT2D eigenvalue weighted by molar-refractivity contribution is 8.00. The van der Waals surface area contributed by atoms with Crippen LogP contribution in [0.3, 0.4) is 0 Å². The SMILES string of the molecule is CCCN(C(=O)NCc1ccccc1)N1CC(=O)N2[C@@H](Cc3ccc(O)cc3)C(=O)N(Cc3cccc4c3NC(C)S4)C[C@@H]21. The molecule has 6 rings (SSSR count). The Morgan fingerprint density at radius 3 is 2.57 bits per heavy atom. The summed E-state index contributed by atoms with van der Waals surface area (Å²) in [5.74, 6) is -0.173. The van der Waals surface area contributed by atoms with Crippen molar-refractivity contribution in [1.29, 1.82) is 0 Å². The average Bonchev–Trinajstić information content (AvgIpc) is 3.57. The van der Waals surface area contributed by atoms with Crippen molar-refractivity contribution in [1.82, 2.24) is 25.1 Å². The van der Waals surface area contributed by atoms with Gasteiger partial charge < -0.3 is 25.5 Å². The molecule has 4 amide bonds. The minimum Gasteiger partial charge on any atom is -0.508 e. The molecular formula is C33H38N6O4S. The van der Waals surface area contributed by atoms with Crippen LogP contribution < -0.4 is 10.6 Å². The summed E-state index contributed by atoms with van der Waals surface area (Å²) in [5, 5.41) is 20.1. The number of amides is 4. The molecule has 3 N–H and O–H groups in total. The topological polar surface area (TPSA) is 108 Å². The van der Waals surface area contributed by atoms with Crippen molar-refractivity contribution in [3.05, 3.63) is 89.5 Å². The number of benzene rings is 3. The number of phenols is 1. The summed E-state index contributed by atoms with van der Waals surface area (Å²) in [6, 6.07) is 21.6. The van der Waals surface area contributed by atoms with Crippen molar-refractivity contribution in [2.75, 3.05) is 25.0 Å². The second-order valence-electron chi connectivity index (χ2n) is 11.4. The number of hydrogen-bond acceptors (Lipinski definition) is 7. The van der Waals surface area contributed by atoms with Crippen LogP contribution >= 0.6 is 11.8 Å². The molecule has 2 fully saturated rings. The lowest BCUT2D eigenvalue weighted by atomic mass is 9.99. The predicted octanol–water partition coefficient (Wildman–Crippen LogP) is 4.22. The minimum atomic E-state index is -0.746. The number of anilines is 1. The molecule has 0 saturated carbocycles. The Kier molecular flexibility index (Phi) is 8.67. The smallest absolute Gasteiger partial charge is 0.332 e. The van der Waals surface area contributed by atoms with Gasteiger partial charge in [0.05, 0.1) is 24.2 Å². The third-order valence-electron chi connectivity index (χ3n) is 8.32. The summed E-state index contributed by atoms with van der Waals surface area (Å²) >= 11 is 1.76. The Bertz CT molecular complexity index is 1520. The molecule has 0 aromatic heterocycles. The quantitative estimate of drug-likeness (QED) is 0.331. The van der Waals surface area contributed by atoms with Crippen LogP contribution in [0.5, 0.6) is 5.75 Å². The molecule has 3 aliphatic heterocycles. The van der Waals surface area contributed by atoms with E-state index in [4.69, 9.17) is 0 Å². The van der Waals surface area contributed by atoms with E-state index in [1.54, 1.807) is 45.9 Å². The van der Waals surface area contributed by atoms with E-state index in [0.717, 1.165) is 27.3 Å². The summed E-state index contributed by atoms with van der Waals surface area (Å²) in [5.41, 5.74) is 3.89. The van der Waals surface area contributed by atoms with E-state index in [1.807, 2.05) is 59.3 Å². The zero-order valence-electron chi connectivity index (χ0n) is 25.0. The van der Waals surface area contributed by atoms with E-state index in [1.165, 1.54) is 0 Å². The van der Waals surface area contributed by atoms with Gasteiger partial charge in [0.15, 0.2) is 0 Å². The van der Waals surface area contributed by atoms with Gasteiger partial charge >= 0.3 is 6.03 Å². The Morgan fingerprint density at radius 2 is 1.82 bits per heavy atom. The number of piperazine rings is 1. The molecule has 0 aliphatic carbocycles. The van der Waals surface area contributed by atoms with Crippen LogP contribution in [0.25, 0.3) is 0 Å². The number of aromatic hydroxyl groups is 1. The van der Waals surface area contributed by atoms with Crippen molar-refractivity contribution >= 4 is 35.3 Å². The Hall–Kier alpha value is -4.22. The molecule has 3 atom stereocenters. The van der Waals surface area contributed by atoms with Gasteiger partial charge in [-0.25, -0.2) is 4.79 Å². The maximum absolute atomic E-state index is 14.2. The molecule has 0 radical (unpaired) electrons. The van der Waals surface area contributed by atoms with E-state index < -0.39 is 12.2 Å². The van der Waals surface area contributed by atoms with Crippen LogP contribution in [-0.2, 0) is 29.1 Å². The highest BCUT2D eigenvalue weighted by Crippen LogP contribution is 2.41. The van der Waals surface area contributed by atoms with Crippen molar-refractivity contribution < 1.29 is 19.5 Å². The first-order valence-corrected chi connectivity index (χ1v) is 16.0. The molecule has 44 heavy (non-hydrogen) atoms. The molecular weight excluding hydrogens is 576 g/mol. The van der Waals surface area contributed by atoms with Gasteiger partial charge in [0.2, 0.25) is 11.8 Å². The van der Waals surface area contributed by atoms with E-state index in [9.17, 15) is 19.5 Å². The van der Waals surface area contributed by atoms with Crippen LogP contribution in [0.4, 0.5) is 10.5 Å². The number of fused-ring (bicyclic) bond motifs is 2. The van der Waals surface area contributed by atoms with Crippen LogP contribution in [0.1, 0.15) is 37.0 Å². The molecule has 3 aromatic carbocycles. The highest BCUT2D eigenvalue weighted by atomic mass is 32.2. The molecule has 2 saturated heterocycles. The number of nitrogens with zero attached hydrogens (tertiary/aromatic N) is 4. The Morgan fingerprint density at radius 1 is 1.05 bits per heavy atom. The Labute approximate surface area is 262 Å². The molecule has 0 bridgehead atoms. The van der Waals surface area contributed by atoms with Gasteiger partial charge in [-0.3, -0.25) is 14.6 Å². The number of para-hydroxylation sites is 1. The number of hydrazine groups is 1. The zero-order chi connectivity index (χ0) is 30.8. The molecule has 10 nitrogen and oxygen atoms in total. The third-order valence-corrected chi connectivity index (χ3v) is 9.39. The van der Waals surface area contributed by atoms with Crippen molar-refractivity contribution in [2.45, 2.75) is 62.3 Å². The fourth-order valence-electron chi connectivity index (χ4n) is 6.27. The van der Waals surface area contributed by atoms with Gasteiger partial charge in [-0.1, -0.05) is 73.3 Å². The first kappa shape index (κ1) is 29.8. The predicted molar refractivity (Wildman–Crippen MR) is 169 cm³/mol. The van der Waals surface area contributed by atoms with Crippen LogP contribution in [-0.4, -0.2) is 80.0 Å². The van der Waals surface area contributed by atoms with Gasteiger partial charge in [0, 0.05) is 31.0 Å². The van der Waals surface area contributed by atoms with Crippen LogP contribution in [0.2, 0.25) is 0 Å². The first-order valence-electron chi connectivity index (χ1n) is 15.1. The van der Waals surface area contributed by atoms with E-state index in [2.05, 4.69) is 23.6 Å². The lowest BCUT2D eigenvalue weighted by molar-refractivity contribution is -0.157. The van der Waals surface area contributed by atoms with Crippen molar-refractivity contribution in [3.8, 4) is 5.75 Å². The highest BCUT2D eigenvalue weighted by Gasteiger charge is 2.52. The number of rotatable bonds is 9. The number of hydrogen-bond donors (Lipinski definition) is 3. The number of nitrogens with one attached hydrogen (secondary N) is 2. The summed E-state index contributed by atoms with van der Waals surface area (Å²) in [6.45, 7) is 5.57. The van der Waals surface area contributed by atoms with Gasteiger partial charge in [0.25, 0.3) is 0 Å². The maximum atomic E-state index is 14.2. The lowest BCUT2D eigenvalue weighted by Crippen LogP contribution is -2.66. The van der Waals surface area contributed by atoms with E-state index in [0.29, 0.717) is 32.5 Å². The number of phenolic OH excluding ortho intramolecular Hbond substituents is 1. The normalized spacial score (nSPS) is 21.2. The van der Waals surface area contributed by atoms with Gasteiger partial charge in [0.1, 0.15) is 18.0 Å². The summed E-state index contributed by atoms with van der Waals surface area (Å²) in [7, 11) is 0. The fourth-order valence-corrected chi connectivity index (χ4v) is 7.29. The standard InChI is InChI=1S/C33H38N6O4S/c1-3-16-37(33(43)34-18-24-8-5-4-6-9-24)38-21-30(41)39-27(17-23-12-14-26(40)15-13-23)32(42)36(20-29(38)39)19-25-10-7-11-28-31(25)35-22(2)44-28/h4-15,22,27,29,35,40H,3,16-21H2,1-2H3,(H,34,43)/t22?,27-,29+/m0/s1. The molecule has 3 aliphatic rings. The van der Waals surface area contributed by atoms with Gasteiger partial charge in [-0.15, -0.1) is 0 Å². The van der Waals surface area contributed by atoms with Crippen LogP contribution in [0, 0.1) is 0 Å².